The molecule has 1 aliphatic heterocycles. The van der Waals surface area contributed by atoms with Gasteiger partial charge in [0.2, 0.25) is 0 Å². The number of H-pyrrole nitrogens is 1. The first kappa shape index (κ1) is 23.5. The van der Waals surface area contributed by atoms with Gasteiger partial charge in [0.05, 0.1) is 0 Å². The smallest absolute Gasteiger partial charge is 0.411 e. The number of halogens is 2. The molecule has 0 saturated heterocycles. The van der Waals surface area contributed by atoms with Crippen molar-refractivity contribution >= 4 is 44.5 Å². The molecule has 3 aromatic rings. The van der Waals surface area contributed by atoms with E-state index in [2.05, 4.69) is 20.9 Å². The van der Waals surface area contributed by atoms with Gasteiger partial charge >= 0.3 is 6.09 Å². The fraction of sp³-hybridized carbons (Fsp3) is 0.259. The molecule has 2 unspecified atom stereocenters. The third-order valence-electron chi connectivity index (χ3n) is 6.44. The average molecular weight is 553 g/mol. The summed E-state index contributed by atoms with van der Waals surface area (Å²) in [5, 5.41) is 10.5. The number of amides is 1. The number of nitriles is 1. The molecule has 5 rings (SSSR count). The van der Waals surface area contributed by atoms with Gasteiger partial charge in [0.1, 0.15) is 23.5 Å². The number of carbonyl (C=O) groups is 1. The summed E-state index contributed by atoms with van der Waals surface area (Å²) in [6, 6.07) is 14.9. The molecule has 178 valence electrons. The van der Waals surface area contributed by atoms with Crippen LogP contribution in [-0.4, -0.2) is 34.7 Å². The van der Waals surface area contributed by atoms with E-state index in [1.807, 2.05) is 73.7 Å². The molecule has 2 aromatic carbocycles. The second-order valence-electron chi connectivity index (χ2n) is 8.88. The fourth-order valence-corrected chi connectivity index (χ4v) is 5.16. The maximum atomic E-state index is 13.6. The highest BCUT2D eigenvalue weighted by atomic mass is 79.9. The molecule has 2 aliphatic rings. The normalized spacial score (nSPS) is 21.3. The standard InChI is InChI=1S/C27H23BrClN3O3/c1-27(11-8-18(28)9-12-27)35-26(33)32-14-10-21-22-16-19(29)4-7-23(22)31-24(21)25(32)17-2-5-20(6-3-17)34-15-13-30/h2-9,11,16,25,31H,10,12,14-15H2,1H3. The first-order valence-corrected chi connectivity index (χ1v) is 12.5. The molecule has 0 bridgehead atoms. The van der Waals surface area contributed by atoms with Crippen molar-refractivity contribution in [2.24, 2.45) is 0 Å². The molecule has 0 spiro atoms. The summed E-state index contributed by atoms with van der Waals surface area (Å²) in [4.78, 5) is 18.9. The summed E-state index contributed by atoms with van der Waals surface area (Å²) in [6.45, 7) is 2.39. The summed E-state index contributed by atoms with van der Waals surface area (Å²) < 4.78 is 12.4. The summed E-state index contributed by atoms with van der Waals surface area (Å²) >= 11 is 9.76. The predicted molar refractivity (Wildman–Crippen MR) is 139 cm³/mol. The van der Waals surface area contributed by atoms with Gasteiger partial charge < -0.3 is 14.5 Å². The van der Waals surface area contributed by atoms with Crippen LogP contribution in [0.3, 0.4) is 0 Å². The van der Waals surface area contributed by atoms with Crippen molar-refractivity contribution in [2.75, 3.05) is 13.2 Å². The van der Waals surface area contributed by atoms with Crippen molar-refractivity contribution in [1.82, 2.24) is 9.88 Å². The van der Waals surface area contributed by atoms with Crippen LogP contribution in [0.4, 0.5) is 4.79 Å². The Bertz CT molecular complexity index is 1390. The number of carbonyl (C=O) groups excluding carboxylic acids is 1. The van der Waals surface area contributed by atoms with Gasteiger partial charge in [-0.1, -0.05) is 45.7 Å². The highest BCUT2D eigenvalue weighted by molar-refractivity contribution is 9.11. The van der Waals surface area contributed by atoms with Crippen molar-refractivity contribution in [3.63, 3.8) is 0 Å². The molecular weight excluding hydrogens is 530 g/mol. The quantitative estimate of drug-likeness (QED) is 0.386. The van der Waals surface area contributed by atoms with Gasteiger partial charge in [-0.25, -0.2) is 4.79 Å². The average Bonchev–Trinajstić information content (AvgIpc) is 3.22. The zero-order valence-corrected chi connectivity index (χ0v) is 21.4. The van der Waals surface area contributed by atoms with Crippen molar-refractivity contribution in [1.29, 1.82) is 5.26 Å². The molecule has 8 heteroatoms. The van der Waals surface area contributed by atoms with E-state index in [9.17, 15) is 4.79 Å². The second kappa shape index (κ2) is 9.44. The van der Waals surface area contributed by atoms with E-state index in [1.165, 1.54) is 0 Å². The number of allylic oxidation sites excluding steroid dienone is 2. The van der Waals surface area contributed by atoms with Gasteiger partial charge in [0.25, 0.3) is 0 Å². The van der Waals surface area contributed by atoms with Gasteiger partial charge in [-0.05, 0) is 67.0 Å². The van der Waals surface area contributed by atoms with Crippen molar-refractivity contribution in [3.05, 3.63) is 87.0 Å². The van der Waals surface area contributed by atoms with Gasteiger partial charge in [0.15, 0.2) is 6.61 Å². The summed E-state index contributed by atoms with van der Waals surface area (Å²) in [6.07, 6.45) is 6.72. The van der Waals surface area contributed by atoms with Crippen LogP contribution >= 0.6 is 27.5 Å². The lowest BCUT2D eigenvalue weighted by atomic mass is 9.92. The molecule has 1 N–H and O–H groups in total. The monoisotopic (exact) mass is 551 g/mol. The minimum absolute atomic E-state index is 0.0230. The summed E-state index contributed by atoms with van der Waals surface area (Å²) in [5.74, 6) is 0.598. The second-order valence-corrected chi connectivity index (χ2v) is 10.2. The number of rotatable bonds is 4. The molecule has 1 aromatic heterocycles. The number of ether oxygens (including phenoxy) is 2. The number of benzene rings is 2. The van der Waals surface area contributed by atoms with Crippen LogP contribution in [0.2, 0.25) is 5.02 Å². The van der Waals surface area contributed by atoms with Crippen molar-refractivity contribution in [3.8, 4) is 11.8 Å². The molecule has 2 atom stereocenters. The zero-order valence-electron chi connectivity index (χ0n) is 19.1. The highest BCUT2D eigenvalue weighted by Crippen LogP contribution is 2.40. The third-order valence-corrected chi connectivity index (χ3v) is 7.26. The van der Waals surface area contributed by atoms with Crippen molar-refractivity contribution < 1.29 is 14.3 Å². The lowest BCUT2D eigenvalue weighted by Gasteiger charge is -2.38. The Balaban J connectivity index is 1.53. The summed E-state index contributed by atoms with van der Waals surface area (Å²) in [7, 11) is 0. The molecular formula is C27H23BrClN3O3. The number of hydrogen-bond acceptors (Lipinski definition) is 4. The highest BCUT2D eigenvalue weighted by Gasteiger charge is 2.38. The number of nitrogens with zero attached hydrogens (tertiary/aromatic N) is 2. The molecule has 0 radical (unpaired) electrons. The van der Waals surface area contributed by atoms with Crippen molar-refractivity contribution in [2.45, 2.75) is 31.4 Å². The van der Waals surface area contributed by atoms with E-state index in [0.717, 1.165) is 32.2 Å². The Morgan fingerprint density at radius 1 is 1.31 bits per heavy atom. The molecule has 6 nitrogen and oxygen atoms in total. The Morgan fingerprint density at radius 3 is 2.83 bits per heavy atom. The molecule has 0 fully saturated rings. The Kier molecular flexibility index (Phi) is 6.35. The van der Waals surface area contributed by atoms with Crippen LogP contribution in [0.15, 0.2) is 65.2 Å². The first-order valence-electron chi connectivity index (χ1n) is 11.3. The first-order chi connectivity index (χ1) is 16.9. The van der Waals surface area contributed by atoms with E-state index in [4.69, 9.17) is 26.3 Å². The minimum Gasteiger partial charge on any atom is -0.479 e. The van der Waals surface area contributed by atoms with Crippen LogP contribution in [0.5, 0.6) is 5.75 Å². The summed E-state index contributed by atoms with van der Waals surface area (Å²) in [5.41, 5.74) is 3.27. The van der Waals surface area contributed by atoms with Gasteiger partial charge in [0, 0.05) is 39.1 Å². The van der Waals surface area contributed by atoms with Crippen LogP contribution in [0, 0.1) is 11.3 Å². The molecule has 35 heavy (non-hydrogen) atoms. The van der Waals surface area contributed by atoms with Gasteiger partial charge in [-0.3, -0.25) is 4.90 Å². The number of aromatic nitrogens is 1. The zero-order chi connectivity index (χ0) is 24.6. The largest absolute Gasteiger partial charge is 0.479 e. The maximum absolute atomic E-state index is 13.6. The Labute approximate surface area is 216 Å². The van der Waals surface area contributed by atoms with E-state index in [0.29, 0.717) is 30.2 Å². The van der Waals surface area contributed by atoms with Crippen LogP contribution < -0.4 is 4.74 Å². The Hall–Kier alpha value is -3.21. The number of nitrogens with one attached hydrogen (secondary N) is 1. The number of fused-ring (bicyclic) bond motifs is 3. The lowest BCUT2D eigenvalue weighted by Crippen LogP contribution is -2.44. The maximum Gasteiger partial charge on any atom is 0.411 e. The van der Waals surface area contributed by atoms with Crippen LogP contribution in [-0.2, 0) is 11.2 Å². The van der Waals surface area contributed by atoms with E-state index in [1.54, 1.807) is 4.90 Å². The molecule has 0 saturated carbocycles. The van der Waals surface area contributed by atoms with Crippen LogP contribution in [0.25, 0.3) is 10.9 Å². The minimum atomic E-state index is -0.720. The van der Waals surface area contributed by atoms with E-state index < -0.39 is 5.60 Å². The molecule has 1 amide bonds. The lowest BCUT2D eigenvalue weighted by molar-refractivity contribution is 0.0240. The third kappa shape index (κ3) is 4.69. The SMILES string of the molecule is CC1(OC(=O)N2CCc3c([nH]c4ccc(Cl)cc34)C2c2ccc(OCC#N)cc2)C=CC(Br)=CC1. The van der Waals surface area contributed by atoms with Crippen LogP contribution in [0.1, 0.15) is 36.2 Å². The van der Waals surface area contributed by atoms with Gasteiger partial charge in [-0.2, -0.15) is 5.26 Å². The molecule has 2 heterocycles. The topological polar surface area (TPSA) is 78.3 Å². The van der Waals surface area contributed by atoms with E-state index in [-0.39, 0.29) is 18.7 Å². The molecule has 1 aliphatic carbocycles. The van der Waals surface area contributed by atoms with Gasteiger partial charge in [-0.15, -0.1) is 0 Å². The fourth-order valence-electron chi connectivity index (χ4n) is 4.69. The number of hydrogen-bond donors (Lipinski definition) is 1. The predicted octanol–water partition coefficient (Wildman–Crippen LogP) is 6.81. The number of aromatic amines is 1. The van der Waals surface area contributed by atoms with E-state index >= 15 is 0 Å². The Morgan fingerprint density at radius 2 is 2.11 bits per heavy atom.